The normalized spacial score (nSPS) is 12.7. The van der Waals surface area contributed by atoms with Crippen LogP contribution >= 0.6 is 0 Å². The summed E-state index contributed by atoms with van der Waals surface area (Å²) < 4.78 is 0. The highest BCUT2D eigenvalue weighted by atomic mass is 16.2. The summed E-state index contributed by atoms with van der Waals surface area (Å²) in [7, 11) is 1.59. The van der Waals surface area contributed by atoms with Crippen molar-refractivity contribution in [1.82, 2.24) is 5.32 Å². The minimum atomic E-state index is -0.173. The van der Waals surface area contributed by atoms with Gasteiger partial charge in [0.1, 0.15) is 0 Å². The molecule has 3 rings (SSSR count). The molecular formula is C19H21N3O2. The van der Waals surface area contributed by atoms with Crippen molar-refractivity contribution in [3.8, 4) is 0 Å². The minimum Gasteiger partial charge on any atom is -0.355 e. The summed E-state index contributed by atoms with van der Waals surface area (Å²) in [6.45, 7) is 4.59. The zero-order valence-corrected chi connectivity index (χ0v) is 14.1. The van der Waals surface area contributed by atoms with Crippen LogP contribution < -0.4 is 15.5 Å². The molecule has 1 aliphatic heterocycles. The summed E-state index contributed by atoms with van der Waals surface area (Å²) >= 11 is 0. The SMILES string of the molecule is CNC(=O)c1ccc(C)c(NC(=O)N2CCc3ccc(C)cc32)c1. The zero-order valence-electron chi connectivity index (χ0n) is 14.1. The molecule has 0 bridgehead atoms. The van der Waals surface area contributed by atoms with Crippen molar-refractivity contribution in [1.29, 1.82) is 0 Å². The van der Waals surface area contributed by atoms with E-state index in [4.69, 9.17) is 0 Å². The quantitative estimate of drug-likeness (QED) is 0.891. The number of carbonyl (C=O) groups is 2. The van der Waals surface area contributed by atoms with E-state index in [9.17, 15) is 9.59 Å². The highest BCUT2D eigenvalue weighted by Gasteiger charge is 2.25. The van der Waals surface area contributed by atoms with Crippen molar-refractivity contribution in [3.05, 3.63) is 58.7 Å². The maximum atomic E-state index is 12.7. The van der Waals surface area contributed by atoms with Gasteiger partial charge >= 0.3 is 6.03 Å². The van der Waals surface area contributed by atoms with Crippen LogP contribution in [-0.4, -0.2) is 25.5 Å². The van der Waals surface area contributed by atoms with E-state index in [1.54, 1.807) is 24.1 Å². The fraction of sp³-hybridized carbons (Fsp3) is 0.263. The van der Waals surface area contributed by atoms with E-state index >= 15 is 0 Å². The summed E-state index contributed by atoms with van der Waals surface area (Å²) in [6, 6.07) is 11.3. The van der Waals surface area contributed by atoms with Crippen LogP contribution in [0.5, 0.6) is 0 Å². The number of hydrogen-bond donors (Lipinski definition) is 2. The molecule has 0 atom stereocenters. The molecule has 1 heterocycles. The lowest BCUT2D eigenvalue weighted by molar-refractivity contribution is 0.0963. The number of nitrogens with one attached hydrogen (secondary N) is 2. The van der Waals surface area contributed by atoms with Crippen LogP contribution in [0.25, 0.3) is 0 Å². The number of urea groups is 1. The minimum absolute atomic E-state index is 0.170. The lowest BCUT2D eigenvalue weighted by atomic mass is 10.1. The molecule has 124 valence electrons. The van der Waals surface area contributed by atoms with Crippen molar-refractivity contribution >= 4 is 23.3 Å². The highest BCUT2D eigenvalue weighted by Crippen LogP contribution is 2.30. The fourth-order valence-electron chi connectivity index (χ4n) is 2.93. The standard InChI is InChI=1S/C19H21N3O2/c1-12-4-6-14-8-9-22(17(14)10-12)19(24)21-16-11-15(18(23)20-3)7-5-13(16)2/h4-7,10-11H,8-9H2,1-3H3,(H,20,23)(H,21,24). The molecule has 0 saturated carbocycles. The molecule has 2 aromatic carbocycles. The second-order valence-electron chi connectivity index (χ2n) is 6.07. The van der Waals surface area contributed by atoms with Gasteiger partial charge in [0.15, 0.2) is 0 Å². The number of nitrogens with zero attached hydrogens (tertiary/aromatic N) is 1. The van der Waals surface area contributed by atoms with Crippen LogP contribution in [-0.2, 0) is 6.42 Å². The number of anilines is 2. The summed E-state index contributed by atoms with van der Waals surface area (Å²) in [5.74, 6) is -0.173. The Bertz CT molecular complexity index is 814. The Hall–Kier alpha value is -2.82. The van der Waals surface area contributed by atoms with Crippen LogP contribution in [0.2, 0.25) is 0 Å². The third-order valence-electron chi connectivity index (χ3n) is 4.35. The third-order valence-corrected chi connectivity index (χ3v) is 4.35. The van der Waals surface area contributed by atoms with Gasteiger partial charge in [-0.3, -0.25) is 9.69 Å². The Morgan fingerprint density at radius 3 is 2.62 bits per heavy atom. The smallest absolute Gasteiger partial charge is 0.326 e. The van der Waals surface area contributed by atoms with Crippen LogP contribution in [0.15, 0.2) is 36.4 Å². The Kier molecular flexibility index (Phi) is 4.25. The summed E-state index contributed by atoms with van der Waals surface area (Å²) in [5, 5.41) is 5.53. The molecule has 0 saturated heterocycles. The van der Waals surface area contributed by atoms with E-state index in [1.807, 2.05) is 26.0 Å². The van der Waals surface area contributed by atoms with Crippen molar-refractivity contribution < 1.29 is 9.59 Å². The maximum absolute atomic E-state index is 12.7. The zero-order chi connectivity index (χ0) is 17.3. The molecule has 2 N–H and O–H groups in total. The van der Waals surface area contributed by atoms with Gasteiger partial charge in [0.2, 0.25) is 0 Å². The molecule has 5 nitrogen and oxygen atoms in total. The Labute approximate surface area is 141 Å². The first-order valence-electron chi connectivity index (χ1n) is 8.00. The topological polar surface area (TPSA) is 61.4 Å². The van der Waals surface area contributed by atoms with Gasteiger partial charge < -0.3 is 10.6 Å². The van der Waals surface area contributed by atoms with Crippen LogP contribution in [0, 0.1) is 13.8 Å². The summed E-state index contributed by atoms with van der Waals surface area (Å²) in [5.41, 5.74) is 5.38. The van der Waals surface area contributed by atoms with E-state index in [0.717, 1.165) is 23.2 Å². The molecule has 2 aromatic rings. The first kappa shape index (κ1) is 16.1. The molecule has 3 amide bonds. The van der Waals surface area contributed by atoms with Crippen LogP contribution in [0.4, 0.5) is 16.2 Å². The molecule has 0 unspecified atom stereocenters. The molecule has 0 aromatic heterocycles. The van der Waals surface area contributed by atoms with Crippen molar-refractivity contribution in [2.24, 2.45) is 0 Å². The second kappa shape index (κ2) is 6.35. The molecule has 24 heavy (non-hydrogen) atoms. The lowest BCUT2D eigenvalue weighted by Crippen LogP contribution is -2.33. The van der Waals surface area contributed by atoms with Gasteiger partial charge in [0.05, 0.1) is 0 Å². The third kappa shape index (κ3) is 2.97. The van der Waals surface area contributed by atoms with Crippen molar-refractivity contribution in [2.45, 2.75) is 20.3 Å². The predicted molar refractivity (Wildman–Crippen MR) is 95.8 cm³/mol. The van der Waals surface area contributed by atoms with Gasteiger partial charge in [-0.05, 0) is 55.2 Å². The van der Waals surface area contributed by atoms with Crippen LogP contribution in [0.1, 0.15) is 27.0 Å². The highest BCUT2D eigenvalue weighted by molar-refractivity contribution is 6.04. The van der Waals surface area contributed by atoms with Gasteiger partial charge in [-0.15, -0.1) is 0 Å². The first-order valence-corrected chi connectivity index (χ1v) is 8.00. The average molecular weight is 323 g/mol. The number of amides is 3. The average Bonchev–Trinajstić information content (AvgIpc) is 2.99. The predicted octanol–water partition coefficient (Wildman–Crippen LogP) is 3.26. The van der Waals surface area contributed by atoms with E-state index in [2.05, 4.69) is 22.8 Å². The summed E-state index contributed by atoms with van der Waals surface area (Å²) in [4.78, 5) is 26.3. The molecular weight excluding hydrogens is 302 g/mol. The molecule has 0 aliphatic carbocycles. The van der Waals surface area contributed by atoms with Gasteiger partial charge in [-0.1, -0.05) is 18.2 Å². The van der Waals surface area contributed by atoms with E-state index < -0.39 is 0 Å². The second-order valence-corrected chi connectivity index (χ2v) is 6.07. The van der Waals surface area contributed by atoms with E-state index in [1.165, 1.54) is 5.56 Å². The lowest BCUT2D eigenvalue weighted by Gasteiger charge is -2.19. The van der Waals surface area contributed by atoms with Crippen molar-refractivity contribution in [2.75, 3.05) is 23.8 Å². The Morgan fingerprint density at radius 1 is 1.08 bits per heavy atom. The van der Waals surface area contributed by atoms with Crippen molar-refractivity contribution in [3.63, 3.8) is 0 Å². The Balaban J connectivity index is 1.84. The van der Waals surface area contributed by atoms with E-state index in [-0.39, 0.29) is 11.9 Å². The molecule has 0 fully saturated rings. The molecule has 1 aliphatic rings. The number of hydrogen-bond acceptors (Lipinski definition) is 2. The fourth-order valence-corrected chi connectivity index (χ4v) is 2.93. The number of carbonyl (C=O) groups excluding carboxylic acids is 2. The molecule has 0 radical (unpaired) electrons. The first-order chi connectivity index (χ1) is 11.5. The van der Waals surface area contributed by atoms with E-state index in [0.29, 0.717) is 17.8 Å². The molecule has 5 heteroatoms. The summed E-state index contributed by atoms with van der Waals surface area (Å²) in [6.07, 6.45) is 0.861. The number of fused-ring (bicyclic) bond motifs is 1. The van der Waals surface area contributed by atoms with Gasteiger partial charge in [-0.25, -0.2) is 4.79 Å². The van der Waals surface area contributed by atoms with Crippen LogP contribution in [0.3, 0.4) is 0 Å². The maximum Gasteiger partial charge on any atom is 0.326 e. The monoisotopic (exact) mass is 323 g/mol. The largest absolute Gasteiger partial charge is 0.355 e. The van der Waals surface area contributed by atoms with Gasteiger partial charge in [-0.2, -0.15) is 0 Å². The van der Waals surface area contributed by atoms with Gasteiger partial charge in [0, 0.05) is 30.5 Å². The number of benzene rings is 2. The Morgan fingerprint density at radius 2 is 1.88 bits per heavy atom. The van der Waals surface area contributed by atoms with Gasteiger partial charge in [0.25, 0.3) is 5.91 Å². The number of rotatable bonds is 2. The number of aryl methyl sites for hydroxylation is 2. The molecule has 0 spiro atoms.